The van der Waals surface area contributed by atoms with Gasteiger partial charge in [0, 0.05) is 24.6 Å². The van der Waals surface area contributed by atoms with E-state index in [9.17, 15) is 8.42 Å². The Labute approximate surface area is 119 Å². The molecule has 2 aliphatic rings. The van der Waals surface area contributed by atoms with Crippen LogP contribution in [0.25, 0.3) is 0 Å². The second-order valence-corrected chi connectivity index (χ2v) is 7.50. The van der Waals surface area contributed by atoms with Crippen molar-refractivity contribution in [1.82, 2.24) is 5.32 Å². The minimum atomic E-state index is -2.84. The van der Waals surface area contributed by atoms with Crippen LogP contribution in [0.1, 0.15) is 18.4 Å². The molecule has 0 amide bonds. The molecule has 1 N–H and O–H groups in total. The van der Waals surface area contributed by atoms with Gasteiger partial charge < -0.3 is 14.8 Å². The van der Waals surface area contributed by atoms with E-state index in [1.807, 2.05) is 18.2 Å². The zero-order valence-corrected chi connectivity index (χ0v) is 12.1. The first kappa shape index (κ1) is 13.7. The molecule has 5 nitrogen and oxygen atoms in total. The standard InChI is InChI=1S/C14H19NO4S/c16-20(17)8-5-12(10-20)15-9-11-3-1-4-13-14(11)19-7-2-6-18-13/h1,3-4,12,15H,2,5-10H2. The summed E-state index contributed by atoms with van der Waals surface area (Å²) in [6.07, 6.45) is 1.57. The maximum absolute atomic E-state index is 11.4. The van der Waals surface area contributed by atoms with Crippen LogP contribution < -0.4 is 14.8 Å². The van der Waals surface area contributed by atoms with E-state index in [1.54, 1.807) is 0 Å². The molecule has 3 rings (SSSR count). The zero-order chi connectivity index (χ0) is 14.0. The van der Waals surface area contributed by atoms with E-state index in [1.165, 1.54) is 0 Å². The van der Waals surface area contributed by atoms with Crippen LogP contribution >= 0.6 is 0 Å². The van der Waals surface area contributed by atoms with E-state index in [0.29, 0.717) is 26.2 Å². The Morgan fingerprint density at radius 1 is 1.25 bits per heavy atom. The van der Waals surface area contributed by atoms with Crippen molar-refractivity contribution in [2.45, 2.75) is 25.4 Å². The summed E-state index contributed by atoms with van der Waals surface area (Å²) in [4.78, 5) is 0. The summed E-state index contributed by atoms with van der Waals surface area (Å²) in [5.74, 6) is 2.09. The SMILES string of the molecule is O=S1(=O)CCC(NCc2cccc3c2OCCCO3)C1. The first-order valence-electron chi connectivity index (χ1n) is 6.95. The average Bonchev–Trinajstić information content (AvgIpc) is 2.64. The van der Waals surface area contributed by atoms with Crippen molar-refractivity contribution in [1.29, 1.82) is 0 Å². The van der Waals surface area contributed by atoms with Crippen LogP contribution in [0.15, 0.2) is 18.2 Å². The lowest BCUT2D eigenvalue weighted by Crippen LogP contribution is -2.29. The van der Waals surface area contributed by atoms with Gasteiger partial charge in [-0.25, -0.2) is 8.42 Å². The van der Waals surface area contributed by atoms with Crippen molar-refractivity contribution >= 4 is 9.84 Å². The number of ether oxygens (including phenoxy) is 2. The summed E-state index contributed by atoms with van der Waals surface area (Å²) in [5, 5.41) is 3.31. The van der Waals surface area contributed by atoms with Crippen molar-refractivity contribution < 1.29 is 17.9 Å². The van der Waals surface area contributed by atoms with Gasteiger partial charge in [-0.05, 0) is 12.5 Å². The third-order valence-electron chi connectivity index (χ3n) is 3.67. The first-order valence-corrected chi connectivity index (χ1v) is 8.77. The van der Waals surface area contributed by atoms with Crippen LogP contribution in [-0.4, -0.2) is 39.2 Å². The number of para-hydroxylation sites is 1. The molecule has 0 aromatic heterocycles. The molecule has 1 unspecified atom stereocenters. The molecule has 2 aliphatic heterocycles. The third kappa shape index (κ3) is 3.07. The number of sulfone groups is 1. The van der Waals surface area contributed by atoms with Gasteiger partial charge in [-0.3, -0.25) is 0 Å². The molecule has 1 atom stereocenters. The van der Waals surface area contributed by atoms with Crippen LogP contribution in [-0.2, 0) is 16.4 Å². The number of benzene rings is 1. The molecule has 0 saturated carbocycles. The van der Waals surface area contributed by atoms with Gasteiger partial charge in [0.2, 0.25) is 0 Å². The smallest absolute Gasteiger partial charge is 0.165 e. The van der Waals surface area contributed by atoms with Crippen LogP contribution in [0.5, 0.6) is 11.5 Å². The molecule has 6 heteroatoms. The maximum Gasteiger partial charge on any atom is 0.165 e. The highest BCUT2D eigenvalue weighted by molar-refractivity contribution is 7.91. The minimum Gasteiger partial charge on any atom is -0.490 e. The van der Waals surface area contributed by atoms with Crippen LogP contribution in [0.4, 0.5) is 0 Å². The molecular formula is C14H19NO4S. The fourth-order valence-electron chi connectivity index (χ4n) is 2.60. The Balaban J connectivity index is 1.69. The molecular weight excluding hydrogens is 278 g/mol. The summed E-state index contributed by atoms with van der Waals surface area (Å²) in [6.45, 7) is 1.93. The molecule has 1 fully saturated rings. The number of hydrogen-bond acceptors (Lipinski definition) is 5. The van der Waals surface area contributed by atoms with E-state index in [2.05, 4.69) is 5.32 Å². The molecule has 1 saturated heterocycles. The minimum absolute atomic E-state index is 0.0440. The van der Waals surface area contributed by atoms with Crippen molar-refractivity contribution in [3.05, 3.63) is 23.8 Å². The molecule has 1 aromatic carbocycles. The Morgan fingerprint density at radius 3 is 2.90 bits per heavy atom. The molecule has 0 bridgehead atoms. The summed E-state index contributed by atoms with van der Waals surface area (Å²) in [7, 11) is -2.84. The van der Waals surface area contributed by atoms with Gasteiger partial charge in [-0.15, -0.1) is 0 Å². The normalized spacial score (nSPS) is 24.3. The van der Waals surface area contributed by atoms with Gasteiger partial charge >= 0.3 is 0 Å². The number of fused-ring (bicyclic) bond motifs is 1. The van der Waals surface area contributed by atoms with Crippen molar-refractivity contribution in [2.24, 2.45) is 0 Å². The summed E-state index contributed by atoms with van der Waals surface area (Å²) >= 11 is 0. The lowest BCUT2D eigenvalue weighted by molar-refractivity contribution is 0.295. The monoisotopic (exact) mass is 297 g/mol. The van der Waals surface area contributed by atoms with Crippen LogP contribution in [0.3, 0.4) is 0 Å². The fourth-order valence-corrected chi connectivity index (χ4v) is 4.31. The Hall–Kier alpha value is -1.27. The molecule has 0 spiro atoms. The van der Waals surface area contributed by atoms with Crippen LogP contribution in [0, 0.1) is 0 Å². The summed E-state index contributed by atoms with van der Waals surface area (Å²) < 4.78 is 34.3. The summed E-state index contributed by atoms with van der Waals surface area (Å²) in [6, 6.07) is 5.88. The Morgan fingerprint density at radius 2 is 2.10 bits per heavy atom. The molecule has 0 radical (unpaired) electrons. The second kappa shape index (κ2) is 5.61. The maximum atomic E-state index is 11.4. The van der Waals surface area contributed by atoms with Crippen molar-refractivity contribution in [3.8, 4) is 11.5 Å². The fraction of sp³-hybridized carbons (Fsp3) is 0.571. The third-order valence-corrected chi connectivity index (χ3v) is 5.43. The molecule has 1 aromatic rings. The van der Waals surface area contributed by atoms with Gasteiger partial charge in [0.15, 0.2) is 21.3 Å². The van der Waals surface area contributed by atoms with Gasteiger partial charge in [-0.2, -0.15) is 0 Å². The zero-order valence-electron chi connectivity index (χ0n) is 11.3. The lowest BCUT2D eigenvalue weighted by atomic mass is 10.1. The topological polar surface area (TPSA) is 64.6 Å². The summed E-state index contributed by atoms with van der Waals surface area (Å²) in [5.41, 5.74) is 1.02. The van der Waals surface area contributed by atoms with E-state index >= 15 is 0 Å². The quantitative estimate of drug-likeness (QED) is 0.906. The predicted octanol–water partition coefficient (Wildman–Crippen LogP) is 1.12. The van der Waals surface area contributed by atoms with Crippen molar-refractivity contribution in [3.63, 3.8) is 0 Å². The molecule has 2 heterocycles. The molecule has 110 valence electrons. The van der Waals surface area contributed by atoms with Gasteiger partial charge in [0.05, 0.1) is 24.7 Å². The largest absolute Gasteiger partial charge is 0.490 e. The Bertz CT molecular complexity index is 585. The van der Waals surface area contributed by atoms with Crippen LogP contribution in [0.2, 0.25) is 0 Å². The second-order valence-electron chi connectivity index (χ2n) is 5.28. The van der Waals surface area contributed by atoms with E-state index < -0.39 is 9.84 Å². The molecule has 20 heavy (non-hydrogen) atoms. The number of nitrogens with one attached hydrogen (secondary N) is 1. The Kier molecular flexibility index (Phi) is 3.85. The van der Waals surface area contributed by atoms with E-state index in [4.69, 9.17) is 9.47 Å². The first-order chi connectivity index (χ1) is 9.64. The number of rotatable bonds is 3. The van der Waals surface area contributed by atoms with Crippen molar-refractivity contribution in [2.75, 3.05) is 24.7 Å². The van der Waals surface area contributed by atoms with Gasteiger partial charge in [0.1, 0.15) is 0 Å². The van der Waals surface area contributed by atoms with Gasteiger partial charge in [0.25, 0.3) is 0 Å². The van der Waals surface area contributed by atoms with E-state index in [0.717, 1.165) is 23.5 Å². The highest BCUT2D eigenvalue weighted by atomic mass is 32.2. The predicted molar refractivity (Wildman–Crippen MR) is 75.9 cm³/mol. The van der Waals surface area contributed by atoms with Gasteiger partial charge in [-0.1, -0.05) is 12.1 Å². The lowest BCUT2D eigenvalue weighted by Gasteiger charge is -2.15. The van der Waals surface area contributed by atoms with E-state index in [-0.39, 0.29) is 17.5 Å². The highest BCUT2D eigenvalue weighted by Gasteiger charge is 2.27. The highest BCUT2D eigenvalue weighted by Crippen LogP contribution is 2.33. The average molecular weight is 297 g/mol. The molecule has 0 aliphatic carbocycles. The number of hydrogen-bond donors (Lipinski definition) is 1.